The molecule has 4 rings (SSSR count). The van der Waals surface area contributed by atoms with Crippen LogP contribution < -0.4 is 9.47 Å². The summed E-state index contributed by atoms with van der Waals surface area (Å²) in [6.07, 6.45) is 1.64. The van der Waals surface area contributed by atoms with Gasteiger partial charge < -0.3 is 9.47 Å². The van der Waals surface area contributed by atoms with Crippen molar-refractivity contribution in [1.82, 2.24) is 4.90 Å². The van der Waals surface area contributed by atoms with Gasteiger partial charge in [-0.05, 0) is 66.2 Å². The van der Waals surface area contributed by atoms with Crippen LogP contribution >= 0.6 is 50.9 Å². The molecule has 5 nitrogen and oxygen atoms in total. The SMILES string of the molecule is CCOc1cc(/C=C2\SC(=O)N(Cc3ccc(Br)cc3)C2=O)cc(Cl)c1OCc1ccccc1Cl. The highest BCUT2D eigenvalue weighted by Crippen LogP contribution is 2.40. The van der Waals surface area contributed by atoms with Gasteiger partial charge in [0.2, 0.25) is 0 Å². The number of rotatable bonds is 8. The maximum absolute atomic E-state index is 13.0. The minimum absolute atomic E-state index is 0.203. The van der Waals surface area contributed by atoms with Crippen molar-refractivity contribution >= 4 is 68.1 Å². The fourth-order valence-corrected chi connectivity index (χ4v) is 4.97. The van der Waals surface area contributed by atoms with Crippen LogP contribution in [0.2, 0.25) is 10.0 Å². The highest BCUT2D eigenvalue weighted by atomic mass is 79.9. The van der Waals surface area contributed by atoms with E-state index in [9.17, 15) is 9.59 Å². The molecule has 0 N–H and O–H groups in total. The molecule has 1 saturated heterocycles. The third-order valence-electron chi connectivity index (χ3n) is 5.09. The van der Waals surface area contributed by atoms with E-state index in [2.05, 4.69) is 15.9 Å². The Morgan fingerprint density at radius 1 is 1.00 bits per heavy atom. The summed E-state index contributed by atoms with van der Waals surface area (Å²) in [4.78, 5) is 27.0. The predicted octanol–water partition coefficient (Wildman–Crippen LogP) is 7.97. The van der Waals surface area contributed by atoms with Gasteiger partial charge in [-0.2, -0.15) is 0 Å². The Kier molecular flexibility index (Phi) is 8.44. The fourth-order valence-electron chi connectivity index (χ4n) is 3.40. The van der Waals surface area contributed by atoms with E-state index in [1.54, 1.807) is 24.3 Å². The molecule has 0 radical (unpaired) electrons. The Hall–Kier alpha value is -2.45. The summed E-state index contributed by atoms with van der Waals surface area (Å²) in [5.41, 5.74) is 2.30. The predicted molar refractivity (Wildman–Crippen MR) is 144 cm³/mol. The van der Waals surface area contributed by atoms with Gasteiger partial charge >= 0.3 is 0 Å². The highest BCUT2D eigenvalue weighted by Gasteiger charge is 2.35. The van der Waals surface area contributed by atoms with Crippen LogP contribution in [0.4, 0.5) is 4.79 Å². The van der Waals surface area contributed by atoms with Crippen molar-refractivity contribution in [2.45, 2.75) is 20.1 Å². The Balaban J connectivity index is 1.55. The lowest BCUT2D eigenvalue weighted by molar-refractivity contribution is -0.123. The molecule has 0 spiro atoms. The van der Waals surface area contributed by atoms with E-state index in [1.807, 2.05) is 49.4 Å². The van der Waals surface area contributed by atoms with Gasteiger partial charge in [0.05, 0.1) is 23.1 Å². The maximum atomic E-state index is 13.0. The number of carbonyl (C=O) groups is 2. The number of halogens is 3. The summed E-state index contributed by atoms with van der Waals surface area (Å²) >= 11 is 17.0. The second-order valence-electron chi connectivity index (χ2n) is 7.54. The lowest BCUT2D eigenvalue weighted by Crippen LogP contribution is -2.27. The first-order valence-corrected chi connectivity index (χ1v) is 13.0. The van der Waals surface area contributed by atoms with Crippen LogP contribution in [0.3, 0.4) is 0 Å². The minimum Gasteiger partial charge on any atom is -0.490 e. The first-order valence-electron chi connectivity index (χ1n) is 10.7. The lowest BCUT2D eigenvalue weighted by atomic mass is 10.1. The van der Waals surface area contributed by atoms with E-state index in [0.29, 0.717) is 38.6 Å². The largest absolute Gasteiger partial charge is 0.490 e. The van der Waals surface area contributed by atoms with Gasteiger partial charge in [0, 0.05) is 15.1 Å². The number of hydrogen-bond donors (Lipinski definition) is 0. The van der Waals surface area contributed by atoms with Crippen molar-refractivity contribution in [2.75, 3.05) is 6.61 Å². The number of nitrogens with zero attached hydrogens (tertiary/aromatic N) is 1. The zero-order valence-electron chi connectivity index (χ0n) is 18.6. The fraction of sp³-hybridized carbons (Fsp3) is 0.154. The molecular formula is C26H20BrCl2NO4S. The Morgan fingerprint density at radius 2 is 1.74 bits per heavy atom. The number of thioether (sulfide) groups is 1. The summed E-state index contributed by atoms with van der Waals surface area (Å²) in [6, 6.07) is 18.3. The molecule has 1 heterocycles. The average molecular weight is 593 g/mol. The van der Waals surface area contributed by atoms with Crippen molar-refractivity contribution in [2.24, 2.45) is 0 Å². The summed E-state index contributed by atoms with van der Waals surface area (Å²) < 4.78 is 12.6. The van der Waals surface area contributed by atoms with E-state index in [1.165, 1.54) is 4.90 Å². The summed E-state index contributed by atoms with van der Waals surface area (Å²) in [6.45, 7) is 2.67. The highest BCUT2D eigenvalue weighted by molar-refractivity contribution is 9.10. The van der Waals surface area contributed by atoms with Crippen LogP contribution in [-0.4, -0.2) is 22.7 Å². The molecule has 0 aromatic heterocycles. The van der Waals surface area contributed by atoms with Crippen LogP contribution in [0.15, 0.2) is 70.0 Å². The van der Waals surface area contributed by atoms with Gasteiger partial charge in [-0.25, -0.2) is 0 Å². The third-order valence-corrected chi connectivity index (χ3v) is 7.17. The Morgan fingerprint density at radius 3 is 2.46 bits per heavy atom. The topological polar surface area (TPSA) is 55.8 Å². The number of carbonyl (C=O) groups excluding carboxylic acids is 2. The molecular weight excluding hydrogens is 573 g/mol. The third kappa shape index (κ3) is 6.22. The van der Waals surface area contributed by atoms with Crippen molar-refractivity contribution in [3.63, 3.8) is 0 Å². The van der Waals surface area contributed by atoms with Crippen LogP contribution in [0.1, 0.15) is 23.6 Å². The van der Waals surface area contributed by atoms with Crippen molar-refractivity contribution < 1.29 is 19.1 Å². The number of imide groups is 1. The van der Waals surface area contributed by atoms with E-state index in [0.717, 1.165) is 27.4 Å². The van der Waals surface area contributed by atoms with E-state index < -0.39 is 0 Å². The van der Waals surface area contributed by atoms with Crippen LogP contribution in [0, 0.1) is 0 Å². The second kappa shape index (κ2) is 11.5. The first-order chi connectivity index (χ1) is 16.9. The Labute approximate surface area is 226 Å². The maximum Gasteiger partial charge on any atom is 0.293 e. The summed E-state index contributed by atoms with van der Waals surface area (Å²) in [5, 5.41) is 0.598. The number of amides is 2. The molecule has 0 saturated carbocycles. The van der Waals surface area contributed by atoms with Gasteiger partial charge in [0.15, 0.2) is 11.5 Å². The van der Waals surface area contributed by atoms with Gasteiger partial charge in [-0.3, -0.25) is 14.5 Å². The molecule has 0 bridgehead atoms. The van der Waals surface area contributed by atoms with Crippen LogP contribution in [-0.2, 0) is 17.9 Å². The van der Waals surface area contributed by atoms with Crippen LogP contribution in [0.25, 0.3) is 6.08 Å². The molecule has 2 amide bonds. The number of benzene rings is 3. The molecule has 3 aromatic carbocycles. The Bertz CT molecular complexity index is 1300. The molecule has 0 aliphatic carbocycles. The lowest BCUT2D eigenvalue weighted by Gasteiger charge is -2.15. The molecule has 3 aromatic rings. The van der Waals surface area contributed by atoms with Gasteiger partial charge in [-0.15, -0.1) is 0 Å². The zero-order chi connectivity index (χ0) is 24.9. The zero-order valence-corrected chi connectivity index (χ0v) is 22.5. The number of hydrogen-bond acceptors (Lipinski definition) is 5. The van der Waals surface area contributed by atoms with Gasteiger partial charge in [0.1, 0.15) is 6.61 Å². The van der Waals surface area contributed by atoms with Crippen molar-refractivity contribution in [3.05, 3.63) is 96.8 Å². The smallest absolute Gasteiger partial charge is 0.293 e. The first kappa shape index (κ1) is 25.6. The quantitative estimate of drug-likeness (QED) is 0.248. The van der Waals surface area contributed by atoms with Crippen molar-refractivity contribution in [3.8, 4) is 11.5 Å². The van der Waals surface area contributed by atoms with E-state index >= 15 is 0 Å². The molecule has 0 atom stereocenters. The van der Waals surface area contributed by atoms with E-state index in [-0.39, 0.29) is 24.3 Å². The molecule has 0 unspecified atom stereocenters. The summed E-state index contributed by atoms with van der Waals surface area (Å²) in [7, 11) is 0. The monoisotopic (exact) mass is 591 g/mol. The second-order valence-corrected chi connectivity index (χ2v) is 10.3. The number of ether oxygens (including phenoxy) is 2. The molecule has 1 aliphatic heterocycles. The average Bonchev–Trinajstić information content (AvgIpc) is 3.08. The molecule has 35 heavy (non-hydrogen) atoms. The van der Waals surface area contributed by atoms with Crippen molar-refractivity contribution in [1.29, 1.82) is 0 Å². The van der Waals surface area contributed by atoms with Crippen LogP contribution in [0.5, 0.6) is 11.5 Å². The molecule has 1 aliphatic rings. The van der Waals surface area contributed by atoms with Gasteiger partial charge in [-0.1, -0.05) is 69.5 Å². The minimum atomic E-state index is -0.351. The van der Waals surface area contributed by atoms with Gasteiger partial charge in [0.25, 0.3) is 11.1 Å². The molecule has 9 heteroatoms. The summed E-state index contributed by atoms with van der Waals surface area (Å²) in [5.74, 6) is 0.470. The van der Waals surface area contributed by atoms with E-state index in [4.69, 9.17) is 32.7 Å². The standard InChI is InChI=1S/C26H20BrCl2NO4S/c1-2-33-22-12-17(11-21(29)24(22)34-15-18-5-3-4-6-20(18)28)13-23-25(31)30(26(32)35-23)14-16-7-9-19(27)10-8-16/h3-13H,2,14-15H2,1H3/b23-13-. The molecule has 180 valence electrons. The normalized spacial score (nSPS) is 14.6. The molecule has 1 fully saturated rings.